The minimum absolute atomic E-state index is 0.0170. The average Bonchev–Trinajstić information content (AvgIpc) is 0.814. The molecule has 0 bridgehead atoms. The summed E-state index contributed by atoms with van der Waals surface area (Å²) in [7, 11) is 11.7. The average molecular weight is 1770 g/mol. The van der Waals surface area contributed by atoms with Crippen molar-refractivity contribution in [3.63, 3.8) is 0 Å². The van der Waals surface area contributed by atoms with Crippen LogP contribution >= 0.6 is 0 Å². The van der Waals surface area contributed by atoms with Crippen LogP contribution in [-0.2, 0) is 56.1 Å². The number of aliphatic hydroxyl groups excluding tert-OH is 1. The Labute approximate surface area is 756 Å². The fourth-order valence-corrected chi connectivity index (χ4v) is 13.5. The minimum Gasteiger partial charge on any atom is -0.493 e. The molecule has 7 aromatic rings. The maximum atomic E-state index is 14.3. The molecule has 0 radical (unpaired) electrons. The van der Waals surface area contributed by atoms with Gasteiger partial charge >= 0.3 is 29.8 Å². The molecule has 7 aromatic carbocycles. The second-order valence-electron chi connectivity index (χ2n) is 30.4. The van der Waals surface area contributed by atoms with Crippen LogP contribution in [0.25, 0.3) is 24.3 Å². The summed E-state index contributed by atoms with van der Waals surface area (Å²) in [6.07, 6.45) is 37.9. The largest absolute Gasteiger partial charge is 0.493 e. The van der Waals surface area contributed by atoms with Crippen molar-refractivity contribution in [2.45, 2.75) is 193 Å². The highest BCUT2D eigenvalue weighted by atomic mass is 16.6. The molecule has 0 spiro atoms. The monoisotopic (exact) mass is 1770 g/mol. The minimum atomic E-state index is -0.560. The van der Waals surface area contributed by atoms with E-state index in [0.717, 1.165) is 200 Å². The zero-order valence-corrected chi connectivity index (χ0v) is 76.3. The topological polar surface area (TPSA) is 281 Å². The first-order valence-electron chi connectivity index (χ1n) is 44.9. The maximum absolute atomic E-state index is 14.3. The molecule has 1 N–H and O–H groups in total. The number of rotatable bonds is 69. The predicted molar refractivity (Wildman–Crippen MR) is 495 cm³/mol. The second kappa shape index (κ2) is 63.0. The number of hydrogen-bond acceptors (Lipinski definition) is 25. The lowest BCUT2D eigenvalue weighted by atomic mass is 10.1. The molecule has 0 saturated heterocycles. The van der Waals surface area contributed by atoms with Gasteiger partial charge in [0.25, 0.3) is 0 Å². The van der Waals surface area contributed by atoms with E-state index in [0.29, 0.717) is 140 Å². The van der Waals surface area contributed by atoms with Gasteiger partial charge in [-0.05, 0) is 213 Å². The molecule has 25 heteroatoms. The Kier molecular flexibility index (Phi) is 50.8. The Bertz CT molecular complexity index is 4290. The van der Waals surface area contributed by atoms with Crippen molar-refractivity contribution in [2.75, 3.05) is 123 Å². The Morgan fingerprint density at radius 3 is 0.805 bits per heavy atom. The lowest BCUT2D eigenvalue weighted by Gasteiger charge is -2.18. The summed E-state index contributed by atoms with van der Waals surface area (Å²) in [6.45, 7) is 4.47. The van der Waals surface area contributed by atoms with E-state index in [1.807, 2.05) is 109 Å². The summed E-state index contributed by atoms with van der Waals surface area (Å²) in [5.41, 5.74) is 4.88. The zero-order chi connectivity index (χ0) is 91.2. The van der Waals surface area contributed by atoms with E-state index >= 15 is 0 Å². The molecule has 25 nitrogen and oxygen atoms in total. The normalized spacial score (nSPS) is 11.2. The number of benzene rings is 7. The SMILES string of the molecule is COC(=O)/C=C/c1ccc(OCCCCCCCCOc2cc(COc3cccc(C(=O)OCCCCCCO)c3OCc3cc(OCCCCCCCCOc4ccc(/C=C/C(=O)OC)cc4OC)cc(OCCCCCCCCOc4ccc(/C=C/C(=O)OC)cc4OC)c3)cc(OCCCCCCCCOc3ccc(/C=C/C(=O)OC)cc3OC)c2)c(OC)c1. The Morgan fingerprint density at radius 2 is 0.523 bits per heavy atom. The lowest BCUT2D eigenvalue weighted by molar-refractivity contribution is -0.135. The molecule has 0 saturated carbocycles. The van der Waals surface area contributed by atoms with Gasteiger partial charge in [0.05, 0.1) is 116 Å². The van der Waals surface area contributed by atoms with Crippen LogP contribution in [0, 0.1) is 0 Å². The van der Waals surface area contributed by atoms with Crippen molar-refractivity contribution in [2.24, 2.45) is 0 Å². The molecule has 0 fully saturated rings. The van der Waals surface area contributed by atoms with Gasteiger partial charge in [0, 0.05) is 43.0 Å². The quantitative estimate of drug-likeness (QED) is 0.0160. The third kappa shape index (κ3) is 41.2. The highest BCUT2D eigenvalue weighted by molar-refractivity contribution is 5.94. The van der Waals surface area contributed by atoms with Crippen LogP contribution in [0.5, 0.6) is 80.5 Å². The van der Waals surface area contributed by atoms with Crippen LogP contribution in [0.2, 0.25) is 0 Å². The third-order valence-electron chi connectivity index (χ3n) is 20.6. The van der Waals surface area contributed by atoms with Gasteiger partial charge in [0.1, 0.15) is 41.8 Å². The van der Waals surface area contributed by atoms with Crippen LogP contribution in [0.1, 0.15) is 224 Å². The first-order chi connectivity index (χ1) is 62.7. The van der Waals surface area contributed by atoms with E-state index in [1.54, 1.807) is 70.9 Å². The van der Waals surface area contributed by atoms with E-state index in [-0.39, 0.29) is 37.7 Å². The summed E-state index contributed by atoms with van der Waals surface area (Å²) in [4.78, 5) is 60.8. The molecular weight excluding hydrogens is 1640 g/mol. The van der Waals surface area contributed by atoms with Crippen LogP contribution < -0.4 is 66.3 Å². The van der Waals surface area contributed by atoms with Gasteiger partial charge in [-0.3, -0.25) is 0 Å². The number of esters is 5. The molecule has 0 amide bonds. The predicted octanol–water partition coefficient (Wildman–Crippen LogP) is 21.5. The van der Waals surface area contributed by atoms with Crippen molar-refractivity contribution in [3.05, 3.63) is 191 Å². The number of hydrogen-bond donors (Lipinski definition) is 1. The van der Waals surface area contributed by atoms with Crippen LogP contribution in [0.4, 0.5) is 0 Å². The highest BCUT2D eigenvalue weighted by Gasteiger charge is 2.22. The number of methoxy groups -OCH3 is 8. The molecule has 0 aromatic heterocycles. The third-order valence-corrected chi connectivity index (χ3v) is 20.6. The standard InChI is InChI=1S/C103H134O25/c1-110-94-70-78(44-52-98(105)114-5)40-48-89(94)122-61-32-22-13-9-18-28-57-118-84-66-82(67-85(74-84)119-58-29-19-10-14-23-33-62-123-90-49-41-79(71-95(90)111-2)45-53-99(106)115-6)76-127-93-39-37-38-88(103(109)126-65-36-26-17-27-56-104)102(93)128-77-83-68-86(120-59-30-20-11-15-24-34-63-124-91-50-42-80(72-96(91)112-3)46-54-100(107)116-7)75-87(69-83)121-60-31-21-12-16-25-35-64-125-92-51-43-81(73-97(92)113-4)47-55-101(108)117-8/h37-55,66-75,104H,9-36,56-65,76-77H2,1-8H3/b52-44+,53-45+,54-46+,55-47+. The number of carbonyl (C=O) groups is 5. The van der Waals surface area contributed by atoms with Gasteiger partial charge in [-0.25, -0.2) is 24.0 Å². The Balaban J connectivity index is 0.994. The highest BCUT2D eigenvalue weighted by Crippen LogP contribution is 2.38. The number of carbonyl (C=O) groups excluding carboxylic acids is 5. The molecule has 128 heavy (non-hydrogen) atoms. The van der Waals surface area contributed by atoms with Gasteiger partial charge < -0.3 is 95.1 Å². The van der Waals surface area contributed by atoms with E-state index in [4.69, 9.17) is 90.0 Å². The van der Waals surface area contributed by atoms with Crippen molar-refractivity contribution in [1.29, 1.82) is 0 Å². The summed E-state index contributed by atoms with van der Waals surface area (Å²) in [6, 6.07) is 39.0. The summed E-state index contributed by atoms with van der Waals surface area (Å²) >= 11 is 0. The second-order valence-corrected chi connectivity index (χ2v) is 30.4. The van der Waals surface area contributed by atoms with Crippen LogP contribution in [0.3, 0.4) is 0 Å². The molecule has 0 unspecified atom stereocenters. The van der Waals surface area contributed by atoms with Crippen LogP contribution in [0.15, 0.2) is 152 Å². The van der Waals surface area contributed by atoms with Crippen molar-refractivity contribution < 1.29 is 119 Å². The smallest absolute Gasteiger partial charge is 0.342 e. The van der Waals surface area contributed by atoms with Gasteiger partial charge in [-0.1, -0.05) is 139 Å². The van der Waals surface area contributed by atoms with Gasteiger partial charge in [-0.2, -0.15) is 0 Å². The van der Waals surface area contributed by atoms with E-state index < -0.39 is 29.8 Å². The molecular formula is C103H134O25. The van der Waals surface area contributed by atoms with Crippen molar-refractivity contribution in [3.8, 4) is 80.5 Å². The molecule has 0 heterocycles. The number of para-hydroxylation sites is 1. The number of aliphatic hydroxyl groups is 1. The number of unbranched alkanes of at least 4 members (excludes halogenated alkanes) is 23. The fraction of sp³-hybridized carbons (Fsp3) is 0.466. The fourth-order valence-electron chi connectivity index (χ4n) is 13.5. The van der Waals surface area contributed by atoms with E-state index in [2.05, 4.69) is 0 Å². The summed E-state index contributed by atoms with van der Waals surface area (Å²) in [5.74, 6) is 5.65. The zero-order valence-electron chi connectivity index (χ0n) is 76.3. The van der Waals surface area contributed by atoms with Gasteiger partial charge in [-0.15, -0.1) is 0 Å². The van der Waals surface area contributed by atoms with Crippen LogP contribution in [-0.4, -0.2) is 158 Å². The Hall–Kier alpha value is -12.0. The van der Waals surface area contributed by atoms with Gasteiger partial charge in [0.15, 0.2) is 57.5 Å². The molecule has 696 valence electrons. The van der Waals surface area contributed by atoms with Crippen molar-refractivity contribution in [1.82, 2.24) is 0 Å². The molecule has 0 atom stereocenters. The molecule has 0 aliphatic carbocycles. The first kappa shape index (κ1) is 103. The van der Waals surface area contributed by atoms with Crippen molar-refractivity contribution >= 4 is 54.2 Å². The van der Waals surface area contributed by atoms with E-state index in [9.17, 15) is 29.1 Å². The van der Waals surface area contributed by atoms with Gasteiger partial charge in [0.2, 0.25) is 0 Å². The lowest BCUT2D eigenvalue weighted by Crippen LogP contribution is -2.11. The number of ether oxygens (including phenoxy) is 19. The molecule has 7 rings (SSSR count). The Morgan fingerprint density at radius 1 is 0.258 bits per heavy atom. The molecule has 0 aliphatic heterocycles. The first-order valence-corrected chi connectivity index (χ1v) is 44.9. The van der Waals surface area contributed by atoms with E-state index in [1.165, 1.54) is 52.7 Å². The maximum Gasteiger partial charge on any atom is 0.342 e. The summed E-state index contributed by atoms with van der Waals surface area (Å²) < 4.78 is 111. The molecule has 0 aliphatic rings. The summed E-state index contributed by atoms with van der Waals surface area (Å²) in [5, 5.41) is 9.43.